The van der Waals surface area contributed by atoms with Crippen LogP contribution in [0.25, 0.3) is 22.5 Å². The quantitative estimate of drug-likeness (QED) is 0.404. The fraction of sp³-hybridized carbons (Fsp3) is 0.348. The van der Waals surface area contributed by atoms with Crippen molar-refractivity contribution in [2.45, 2.75) is 19.4 Å². The van der Waals surface area contributed by atoms with Gasteiger partial charge in [-0.05, 0) is 13.0 Å². The third-order valence-corrected chi connectivity index (χ3v) is 6.56. The average molecular weight is 474 g/mol. The summed E-state index contributed by atoms with van der Waals surface area (Å²) in [6.45, 7) is 3.95. The van der Waals surface area contributed by atoms with Gasteiger partial charge in [-0.15, -0.1) is 0 Å². The summed E-state index contributed by atoms with van der Waals surface area (Å²) >= 11 is 0. The highest BCUT2D eigenvalue weighted by Crippen LogP contribution is 2.29. The fourth-order valence-corrected chi connectivity index (χ4v) is 4.43. The van der Waals surface area contributed by atoms with Gasteiger partial charge < -0.3 is 14.2 Å². The lowest BCUT2D eigenvalue weighted by Gasteiger charge is -2.16. The number of aromatic nitrogens is 7. The number of likely N-dealkylation sites (tertiary alicyclic amines) is 1. The summed E-state index contributed by atoms with van der Waals surface area (Å²) in [5.74, 6) is 1.53. The van der Waals surface area contributed by atoms with E-state index in [1.807, 2.05) is 31.1 Å². The Morgan fingerprint density at radius 1 is 1.26 bits per heavy atom. The van der Waals surface area contributed by atoms with E-state index in [0.29, 0.717) is 52.6 Å². The largest absolute Gasteiger partial charge is 0.471 e. The Kier molecular flexibility index (Phi) is 4.85. The molecule has 35 heavy (non-hydrogen) atoms. The van der Waals surface area contributed by atoms with Crippen LogP contribution in [0.4, 0.5) is 0 Å². The molecule has 178 valence electrons. The predicted octanol–water partition coefficient (Wildman–Crippen LogP) is 1.51. The molecule has 1 fully saturated rings. The van der Waals surface area contributed by atoms with Crippen molar-refractivity contribution in [2.24, 2.45) is 12.1 Å². The first-order valence-electron chi connectivity index (χ1n) is 11.5. The van der Waals surface area contributed by atoms with Crippen molar-refractivity contribution >= 4 is 34.6 Å². The number of ether oxygens (including phenoxy) is 1. The molecule has 6 rings (SSSR count). The lowest BCUT2D eigenvalue weighted by atomic mass is 10.3. The van der Waals surface area contributed by atoms with Crippen molar-refractivity contribution in [3.05, 3.63) is 48.7 Å². The Balaban J connectivity index is 1.22. The second-order valence-electron chi connectivity index (χ2n) is 8.94. The highest BCUT2D eigenvalue weighted by atomic mass is 16.5. The minimum atomic E-state index is -0.204. The molecule has 2 aliphatic rings. The van der Waals surface area contributed by atoms with Gasteiger partial charge in [-0.25, -0.2) is 19.9 Å². The van der Waals surface area contributed by atoms with Gasteiger partial charge in [0.15, 0.2) is 11.2 Å². The van der Waals surface area contributed by atoms with Crippen LogP contribution >= 0.6 is 0 Å². The molecule has 12 nitrogen and oxygen atoms in total. The number of amides is 1. The summed E-state index contributed by atoms with van der Waals surface area (Å²) in [5, 5.41) is 4.58. The van der Waals surface area contributed by atoms with Gasteiger partial charge in [-0.1, -0.05) is 5.10 Å². The van der Waals surface area contributed by atoms with Crippen LogP contribution in [-0.4, -0.2) is 88.3 Å². The maximum absolute atomic E-state index is 13.0. The average Bonchev–Trinajstić information content (AvgIpc) is 3.65. The SMILES string of the molecule is CC[N+]1(C)C=C(c2nc3c(OC4CCN(C(=O)c5cn6cccnc6n5)C4)ncnc3n2C)C=N1. The lowest BCUT2D eigenvalue weighted by Crippen LogP contribution is -2.31. The Labute approximate surface area is 200 Å². The molecule has 2 aliphatic heterocycles. The second-order valence-corrected chi connectivity index (χ2v) is 8.94. The molecule has 6 heterocycles. The zero-order valence-electron chi connectivity index (χ0n) is 19.7. The second kappa shape index (κ2) is 7.94. The summed E-state index contributed by atoms with van der Waals surface area (Å²) < 4.78 is 10.4. The Bertz CT molecular complexity index is 1490. The van der Waals surface area contributed by atoms with E-state index in [0.717, 1.165) is 17.9 Å². The summed E-state index contributed by atoms with van der Waals surface area (Å²) in [6, 6.07) is 1.80. The lowest BCUT2D eigenvalue weighted by molar-refractivity contribution is -0.861. The van der Waals surface area contributed by atoms with Crippen molar-refractivity contribution < 1.29 is 14.1 Å². The van der Waals surface area contributed by atoms with Crippen LogP contribution in [0.2, 0.25) is 0 Å². The molecule has 12 heteroatoms. The number of rotatable bonds is 5. The van der Waals surface area contributed by atoms with E-state index >= 15 is 0 Å². The number of quaternary nitrogens is 1. The molecular formula is C23H25N10O2+. The zero-order chi connectivity index (χ0) is 24.2. The van der Waals surface area contributed by atoms with E-state index in [2.05, 4.69) is 38.2 Å². The standard InChI is InChI=1S/C23H25N10O2/c1-4-33(3)13-15(10-27-33)19-29-18-20(30(19)2)25-14-26-21(18)35-16-6-9-31(11-16)22(34)17-12-32-8-5-7-24-23(32)28-17/h5,7-8,10,12-14,16H,4,6,9,11H2,1-3H3/q+1. The third-order valence-electron chi connectivity index (χ3n) is 6.56. The third kappa shape index (κ3) is 3.62. The molecule has 1 saturated heterocycles. The normalized spacial score (nSPS) is 21.9. The van der Waals surface area contributed by atoms with Crippen molar-refractivity contribution in [2.75, 3.05) is 26.7 Å². The number of nitrogens with zero attached hydrogens (tertiary/aromatic N) is 10. The maximum Gasteiger partial charge on any atom is 0.274 e. The molecule has 2 atom stereocenters. The highest BCUT2D eigenvalue weighted by Gasteiger charge is 2.31. The Hall–Kier alpha value is -4.19. The molecule has 0 bridgehead atoms. The van der Waals surface area contributed by atoms with Crippen LogP contribution in [0.15, 0.2) is 42.3 Å². The van der Waals surface area contributed by atoms with E-state index in [1.54, 1.807) is 27.8 Å². The fourth-order valence-electron chi connectivity index (χ4n) is 4.43. The summed E-state index contributed by atoms with van der Waals surface area (Å²) in [4.78, 5) is 36.9. The molecule has 4 aromatic rings. The van der Waals surface area contributed by atoms with Crippen LogP contribution < -0.4 is 4.74 Å². The summed E-state index contributed by atoms with van der Waals surface area (Å²) in [5.41, 5.74) is 2.57. The van der Waals surface area contributed by atoms with Crippen molar-refractivity contribution in [3.63, 3.8) is 0 Å². The molecule has 0 aliphatic carbocycles. The number of aryl methyl sites for hydroxylation is 1. The predicted molar refractivity (Wildman–Crippen MR) is 127 cm³/mol. The van der Waals surface area contributed by atoms with Crippen LogP contribution in [0.3, 0.4) is 0 Å². The monoisotopic (exact) mass is 473 g/mol. The van der Waals surface area contributed by atoms with Crippen LogP contribution in [0.5, 0.6) is 5.88 Å². The number of fused-ring (bicyclic) bond motifs is 2. The van der Waals surface area contributed by atoms with E-state index < -0.39 is 0 Å². The van der Waals surface area contributed by atoms with Crippen molar-refractivity contribution in [3.8, 4) is 5.88 Å². The number of allylic oxidation sites excluding steroid dienone is 1. The molecule has 2 unspecified atom stereocenters. The van der Waals surface area contributed by atoms with Crippen LogP contribution in [0, 0.1) is 0 Å². The van der Waals surface area contributed by atoms with Gasteiger partial charge in [0.05, 0.1) is 25.4 Å². The van der Waals surface area contributed by atoms with Gasteiger partial charge in [-0.3, -0.25) is 9.20 Å². The van der Waals surface area contributed by atoms with E-state index in [4.69, 9.17) is 9.72 Å². The molecule has 0 aromatic carbocycles. The van der Waals surface area contributed by atoms with E-state index in [-0.39, 0.29) is 12.0 Å². The number of imidazole rings is 2. The first kappa shape index (κ1) is 21.4. The maximum atomic E-state index is 13.0. The molecule has 1 amide bonds. The molecular weight excluding hydrogens is 448 g/mol. The summed E-state index contributed by atoms with van der Waals surface area (Å²) in [7, 11) is 3.96. The van der Waals surface area contributed by atoms with E-state index in [1.165, 1.54) is 6.33 Å². The zero-order valence-corrected chi connectivity index (χ0v) is 19.7. The molecule has 0 radical (unpaired) electrons. The Morgan fingerprint density at radius 2 is 2.14 bits per heavy atom. The van der Waals surface area contributed by atoms with Gasteiger partial charge in [0.2, 0.25) is 11.7 Å². The smallest absolute Gasteiger partial charge is 0.274 e. The number of carbonyl (C=O) groups is 1. The first-order valence-corrected chi connectivity index (χ1v) is 11.5. The number of hydrogen-bond donors (Lipinski definition) is 0. The minimum absolute atomic E-state index is 0.140. The number of hydrogen-bond acceptors (Lipinski definition) is 8. The van der Waals surface area contributed by atoms with Gasteiger partial charge in [-0.2, -0.15) is 9.58 Å². The van der Waals surface area contributed by atoms with Crippen molar-refractivity contribution in [1.82, 2.24) is 38.8 Å². The van der Waals surface area contributed by atoms with Gasteiger partial charge in [0, 0.05) is 38.6 Å². The minimum Gasteiger partial charge on any atom is -0.471 e. The molecule has 4 aromatic heterocycles. The van der Waals surface area contributed by atoms with Crippen molar-refractivity contribution in [1.29, 1.82) is 0 Å². The number of carbonyl (C=O) groups excluding carboxylic acids is 1. The highest BCUT2D eigenvalue weighted by molar-refractivity contribution is 6.09. The summed E-state index contributed by atoms with van der Waals surface area (Å²) in [6.07, 6.45) is 11.0. The first-order chi connectivity index (χ1) is 16.9. The Morgan fingerprint density at radius 3 is 2.94 bits per heavy atom. The van der Waals surface area contributed by atoms with Gasteiger partial charge in [0.1, 0.15) is 36.7 Å². The van der Waals surface area contributed by atoms with Crippen LogP contribution in [0.1, 0.15) is 29.7 Å². The topological polar surface area (TPSA) is 116 Å². The van der Waals surface area contributed by atoms with Crippen LogP contribution in [-0.2, 0) is 7.05 Å². The molecule has 0 saturated carbocycles. The van der Waals surface area contributed by atoms with Gasteiger partial charge in [0.25, 0.3) is 5.91 Å². The van der Waals surface area contributed by atoms with Gasteiger partial charge >= 0.3 is 0 Å². The van der Waals surface area contributed by atoms with E-state index in [9.17, 15) is 4.79 Å². The molecule has 0 spiro atoms. The molecule has 0 N–H and O–H groups in total.